The van der Waals surface area contributed by atoms with Gasteiger partial charge in [-0.05, 0) is 54.8 Å². The van der Waals surface area contributed by atoms with Gasteiger partial charge in [0.05, 0.1) is 30.5 Å². The molecule has 1 aliphatic heterocycles. The molecule has 0 saturated carbocycles. The molecule has 2 aromatic carbocycles. The van der Waals surface area contributed by atoms with Crippen LogP contribution in [-0.2, 0) is 6.54 Å². The van der Waals surface area contributed by atoms with E-state index in [4.69, 9.17) is 16.3 Å². The number of hydrogen-bond donors (Lipinski definition) is 0. The van der Waals surface area contributed by atoms with Gasteiger partial charge in [0.25, 0.3) is 5.91 Å². The molecule has 1 saturated heterocycles. The molecule has 0 bridgehead atoms. The van der Waals surface area contributed by atoms with Crippen molar-refractivity contribution in [3.63, 3.8) is 0 Å². The van der Waals surface area contributed by atoms with E-state index in [1.165, 1.54) is 0 Å². The maximum Gasteiger partial charge on any atom is 0.254 e. The van der Waals surface area contributed by atoms with Crippen LogP contribution in [0, 0.1) is 0 Å². The van der Waals surface area contributed by atoms with Gasteiger partial charge < -0.3 is 14.2 Å². The summed E-state index contributed by atoms with van der Waals surface area (Å²) < 4.78 is 7.81. The number of halogens is 1. The van der Waals surface area contributed by atoms with Crippen LogP contribution < -0.4 is 4.74 Å². The first-order valence-corrected chi connectivity index (χ1v) is 11.1. The van der Waals surface area contributed by atoms with Gasteiger partial charge in [-0.2, -0.15) is 0 Å². The Balaban J connectivity index is 1.34. The van der Waals surface area contributed by atoms with Crippen molar-refractivity contribution in [1.82, 2.24) is 24.4 Å². The second kappa shape index (κ2) is 9.42. The summed E-state index contributed by atoms with van der Waals surface area (Å²) in [4.78, 5) is 28.3. The summed E-state index contributed by atoms with van der Waals surface area (Å²) in [6, 6.07) is 14.7. The third-order valence-electron chi connectivity index (χ3n) is 5.62. The number of likely N-dealkylation sites (tertiary alicyclic amines) is 1. The molecule has 2 aromatic heterocycles. The van der Waals surface area contributed by atoms with Crippen LogP contribution in [0.5, 0.6) is 11.6 Å². The molecule has 0 N–H and O–H groups in total. The molecule has 1 amide bonds. The number of amides is 1. The zero-order valence-electron chi connectivity index (χ0n) is 17.8. The second-order valence-corrected chi connectivity index (χ2v) is 8.37. The summed E-state index contributed by atoms with van der Waals surface area (Å²) >= 11 is 5.94. The minimum atomic E-state index is -0.143. The Bertz CT molecular complexity index is 1240. The highest BCUT2D eigenvalue weighted by atomic mass is 35.5. The first-order chi connectivity index (χ1) is 16.2. The van der Waals surface area contributed by atoms with Crippen LogP contribution >= 0.6 is 11.6 Å². The van der Waals surface area contributed by atoms with E-state index in [-0.39, 0.29) is 11.9 Å². The fourth-order valence-electron chi connectivity index (χ4n) is 4.07. The lowest BCUT2D eigenvalue weighted by Crippen LogP contribution is -2.31. The molecule has 7 nitrogen and oxygen atoms in total. The Morgan fingerprint density at radius 1 is 1.12 bits per heavy atom. The lowest BCUT2D eigenvalue weighted by Gasteiger charge is -2.24. The van der Waals surface area contributed by atoms with Crippen LogP contribution in [0.25, 0.3) is 0 Å². The monoisotopic (exact) mass is 459 g/mol. The summed E-state index contributed by atoms with van der Waals surface area (Å²) in [7, 11) is 0. The van der Waals surface area contributed by atoms with Crippen molar-refractivity contribution in [2.75, 3.05) is 6.54 Å². The molecule has 3 heterocycles. The minimum Gasteiger partial charge on any atom is -0.437 e. The molecule has 4 aromatic rings. The predicted molar refractivity (Wildman–Crippen MR) is 124 cm³/mol. The molecule has 0 aliphatic carbocycles. The Morgan fingerprint density at radius 2 is 2.00 bits per heavy atom. The topological polar surface area (TPSA) is 73.1 Å². The van der Waals surface area contributed by atoms with Gasteiger partial charge in [-0.3, -0.25) is 9.78 Å². The first-order valence-electron chi connectivity index (χ1n) is 10.8. The quantitative estimate of drug-likeness (QED) is 0.399. The predicted octanol–water partition coefficient (Wildman–Crippen LogP) is 5.14. The normalized spacial score (nSPS) is 15.5. The van der Waals surface area contributed by atoms with Gasteiger partial charge in [-0.15, -0.1) is 0 Å². The van der Waals surface area contributed by atoms with Crippen LogP contribution in [0.4, 0.5) is 0 Å². The van der Waals surface area contributed by atoms with Crippen LogP contribution in [0.15, 0.2) is 79.6 Å². The molecule has 1 atom stereocenters. The van der Waals surface area contributed by atoms with Crippen molar-refractivity contribution in [2.45, 2.75) is 25.4 Å². The van der Waals surface area contributed by atoms with Gasteiger partial charge >= 0.3 is 0 Å². The summed E-state index contributed by atoms with van der Waals surface area (Å²) in [6.45, 7) is 1.35. The lowest BCUT2D eigenvalue weighted by atomic mass is 10.1. The van der Waals surface area contributed by atoms with Crippen LogP contribution in [0.3, 0.4) is 0 Å². The van der Waals surface area contributed by atoms with Gasteiger partial charge in [0.1, 0.15) is 5.75 Å². The Morgan fingerprint density at radius 3 is 2.82 bits per heavy atom. The number of hydrogen-bond acceptors (Lipinski definition) is 5. The van der Waals surface area contributed by atoms with Gasteiger partial charge in [-0.1, -0.05) is 23.7 Å². The lowest BCUT2D eigenvalue weighted by molar-refractivity contribution is 0.0732. The largest absolute Gasteiger partial charge is 0.437 e. The van der Waals surface area contributed by atoms with E-state index in [9.17, 15) is 4.79 Å². The first kappa shape index (κ1) is 21.2. The molecular weight excluding hydrogens is 438 g/mol. The van der Waals surface area contributed by atoms with Crippen molar-refractivity contribution < 1.29 is 9.53 Å². The van der Waals surface area contributed by atoms with Gasteiger partial charge in [0.15, 0.2) is 0 Å². The molecule has 33 heavy (non-hydrogen) atoms. The van der Waals surface area contributed by atoms with Crippen molar-refractivity contribution in [2.24, 2.45) is 0 Å². The zero-order valence-corrected chi connectivity index (χ0v) is 18.6. The van der Waals surface area contributed by atoms with Crippen LogP contribution in [0.2, 0.25) is 5.02 Å². The fourth-order valence-corrected chi connectivity index (χ4v) is 4.20. The van der Waals surface area contributed by atoms with E-state index in [2.05, 4.69) is 15.0 Å². The molecule has 166 valence electrons. The molecule has 5 rings (SSSR count). The molecule has 1 unspecified atom stereocenters. The number of benzene rings is 2. The average Bonchev–Trinajstić information content (AvgIpc) is 3.53. The summed E-state index contributed by atoms with van der Waals surface area (Å²) in [6.07, 6.45) is 10.4. The van der Waals surface area contributed by atoms with Crippen molar-refractivity contribution in [3.8, 4) is 11.6 Å². The number of imidazole rings is 1. The number of ether oxygens (including phenoxy) is 1. The van der Waals surface area contributed by atoms with Crippen LogP contribution in [0.1, 0.15) is 40.5 Å². The van der Waals surface area contributed by atoms with Crippen molar-refractivity contribution in [1.29, 1.82) is 0 Å². The number of nitrogens with zero attached hydrogens (tertiary/aromatic N) is 5. The van der Waals surface area contributed by atoms with Crippen molar-refractivity contribution in [3.05, 3.63) is 101 Å². The van der Waals surface area contributed by atoms with Crippen molar-refractivity contribution >= 4 is 17.5 Å². The fraction of sp³-hybridized carbons (Fsp3) is 0.200. The molecule has 0 radical (unpaired) electrons. The maximum atomic E-state index is 13.4. The summed E-state index contributed by atoms with van der Waals surface area (Å²) in [5.41, 5.74) is 2.44. The van der Waals surface area contributed by atoms with E-state index in [1.807, 2.05) is 39.9 Å². The number of aromatic nitrogens is 4. The van der Waals surface area contributed by atoms with Crippen LogP contribution in [-0.4, -0.2) is 36.9 Å². The molecule has 0 spiro atoms. The van der Waals surface area contributed by atoms with E-state index in [0.29, 0.717) is 35.3 Å². The second-order valence-electron chi connectivity index (χ2n) is 7.93. The highest BCUT2D eigenvalue weighted by Gasteiger charge is 2.32. The van der Waals surface area contributed by atoms with E-state index in [1.54, 1.807) is 49.2 Å². The summed E-state index contributed by atoms with van der Waals surface area (Å²) in [5, 5.41) is 0.636. The third-order valence-corrected chi connectivity index (χ3v) is 5.87. The number of carbonyl (C=O) groups is 1. The Hall–Kier alpha value is -3.71. The number of rotatable bonds is 6. The molecular formula is C25H22ClN5O2. The van der Waals surface area contributed by atoms with Gasteiger partial charge in [0, 0.05) is 36.1 Å². The molecule has 8 heteroatoms. The molecule has 1 aliphatic rings. The zero-order chi connectivity index (χ0) is 22.6. The summed E-state index contributed by atoms with van der Waals surface area (Å²) in [5.74, 6) is 1.01. The third kappa shape index (κ3) is 4.88. The standard InChI is InChI=1S/C25H22ClN5O2/c26-20-6-8-21(9-7-20)33-24-15-28-14-22(29-24)23-5-2-11-31(23)25(32)19-4-1-3-18(13-19)16-30-12-10-27-17-30/h1,3-4,6-10,12-15,17,23H,2,5,11,16H2. The highest BCUT2D eigenvalue weighted by Crippen LogP contribution is 2.33. The maximum absolute atomic E-state index is 13.4. The van der Waals surface area contributed by atoms with Gasteiger partial charge in [0.2, 0.25) is 5.88 Å². The minimum absolute atomic E-state index is 0.00389. The average molecular weight is 460 g/mol. The van der Waals surface area contributed by atoms with Gasteiger partial charge in [-0.25, -0.2) is 9.97 Å². The highest BCUT2D eigenvalue weighted by molar-refractivity contribution is 6.30. The number of carbonyl (C=O) groups excluding carboxylic acids is 1. The van der Waals surface area contributed by atoms with E-state index >= 15 is 0 Å². The molecule has 1 fully saturated rings. The SMILES string of the molecule is O=C(c1cccc(Cn2ccnc2)c1)N1CCCC1c1cncc(Oc2ccc(Cl)cc2)n1. The van der Waals surface area contributed by atoms with E-state index in [0.717, 1.165) is 24.1 Å². The Kier molecular flexibility index (Phi) is 6.04. The van der Waals surface area contributed by atoms with E-state index < -0.39 is 0 Å². The smallest absolute Gasteiger partial charge is 0.254 e. The Labute approximate surface area is 196 Å².